The standard InChI is InChI=1S/C12H18ClN3O2/c1-15-8-5-14-11(12(15)17)16-6-2-10(3-7-16)18-9-4-13/h5,8,10H,2-4,6-7,9H2,1H3. The third-order valence-electron chi connectivity index (χ3n) is 3.17. The Morgan fingerprint density at radius 1 is 1.50 bits per heavy atom. The molecule has 1 fully saturated rings. The summed E-state index contributed by atoms with van der Waals surface area (Å²) in [4.78, 5) is 18.1. The summed E-state index contributed by atoms with van der Waals surface area (Å²) in [6.45, 7) is 2.20. The second-order valence-corrected chi connectivity index (χ2v) is 4.79. The number of alkyl halides is 1. The summed E-state index contributed by atoms with van der Waals surface area (Å²) in [5, 5.41) is 0. The SMILES string of the molecule is Cn1ccnc(N2CCC(OCCCl)CC2)c1=O. The van der Waals surface area contributed by atoms with Crippen molar-refractivity contribution in [2.24, 2.45) is 7.05 Å². The number of halogens is 1. The van der Waals surface area contributed by atoms with E-state index in [0.717, 1.165) is 25.9 Å². The predicted octanol–water partition coefficient (Wildman–Crippen LogP) is 1.00. The first-order valence-electron chi connectivity index (χ1n) is 6.16. The van der Waals surface area contributed by atoms with Gasteiger partial charge < -0.3 is 14.2 Å². The average molecular weight is 272 g/mol. The number of hydrogen-bond acceptors (Lipinski definition) is 4. The van der Waals surface area contributed by atoms with Crippen LogP contribution in [0.25, 0.3) is 0 Å². The molecule has 0 radical (unpaired) electrons. The topological polar surface area (TPSA) is 47.4 Å². The Hall–Kier alpha value is -1.07. The Bertz CT molecular complexity index is 441. The van der Waals surface area contributed by atoms with Crippen LogP contribution in [-0.4, -0.2) is 41.2 Å². The second kappa shape index (κ2) is 6.20. The monoisotopic (exact) mass is 271 g/mol. The van der Waals surface area contributed by atoms with E-state index < -0.39 is 0 Å². The van der Waals surface area contributed by atoms with Crippen LogP contribution in [0.4, 0.5) is 5.82 Å². The smallest absolute Gasteiger partial charge is 0.293 e. The second-order valence-electron chi connectivity index (χ2n) is 4.41. The molecule has 0 aliphatic carbocycles. The summed E-state index contributed by atoms with van der Waals surface area (Å²) in [6.07, 6.45) is 5.41. The lowest BCUT2D eigenvalue weighted by Crippen LogP contribution is -2.41. The van der Waals surface area contributed by atoms with Gasteiger partial charge in [0.1, 0.15) is 0 Å². The van der Waals surface area contributed by atoms with Crippen molar-refractivity contribution in [1.82, 2.24) is 9.55 Å². The van der Waals surface area contributed by atoms with Crippen LogP contribution in [0.5, 0.6) is 0 Å². The van der Waals surface area contributed by atoms with Crippen molar-refractivity contribution in [1.29, 1.82) is 0 Å². The van der Waals surface area contributed by atoms with Gasteiger partial charge in [0.15, 0.2) is 5.82 Å². The zero-order chi connectivity index (χ0) is 13.0. The van der Waals surface area contributed by atoms with Gasteiger partial charge in [-0.3, -0.25) is 4.79 Å². The largest absolute Gasteiger partial charge is 0.377 e. The van der Waals surface area contributed by atoms with E-state index in [4.69, 9.17) is 16.3 Å². The molecule has 0 unspecified atom stereocenters. The molecule has 1 aliphatic heterocycles. The third kappa shape index (κ3) is 3.03. The zero-order valence-corrected chi connectivity index (χ0v) is 11.3. The minimum atomic E-state index is -0.0439. The Balaban J connectivity index is 1.97. The molecule has 1 aliphatic rings. The van der Waals surface area contributed by atoms with Gasteiger partial charge in [0, 0.05) is 38.4 Å². The van der Waals surface area contributed by atoms with E-state index in [1.54, 1.807) is 24.0 Å². The van der Waals surface area contributed by atoms with Crippen molar-refractivity contribution in [3.8, 4) is 0 Å². The molecule has 0 aromatic carbocycles. The lowest BCUT2D eigenvalue weighted by Gasteiger charge is -2.32. The first-order valence-corrected chi connectivity index (χ1v) is 6.70. The van der Waals surface area contributed by atoms with Crippen LogP contribution in [0.3, 0.4) is 0 Å². The maximum atomic E-state index is 11.9. The first kappa shape index (κ1) is 13.4. The number of rotatable bonds is 4. The molecule has 1 aromatic rings. The van der Waals surface area contributed by atoms with Crippen LogP contribution in [-0.2, 0) is 11.8 Å². The quantitative estimate of drug-likeness (QED) is 0.767. The number of aryl methyl sites for hydroxylation is 1. The van der Waals surface area contributed by atoms with E-state index in [1.165, 1.54) is 0 Å². The predicted molar refractivity (Wildman–Crippen MR) is 71.4 cm³/mol. The molecule has 0 saturated carbocycles. The molecule has 1 aromatic heterocycles. The molecular weight excluding hydrogens is 254 g/mol. The minimum absolute atomic E-state index is 0.0439. The van der Waals surface area contributed by atoms with Crippen LogP contribution >= 0.6 is 11.6 Å². The number of hydrogen-bond donors (Lipinski definition) is 0. The van der Waals surface area contributed by atoms with E-state index in [-0.39, 0.29) is 11.7 Å². The van der Waals surface area contributed by atoms with Gasteiger partial charge in [-0.1, -0.05) is 0 Å². The van der Waals surface area contributed by atoms with Crippen LogP contribution in [0.1, 0.15) is 12.8 Å². The number of ether oxygens (including phenoxy) is 1. The summed E-state index contributed by atoms with van der Waals surface area (Å²) in [6, 6.07) is 0. The van der Waals surface area contributed by atoms with Gasteiger partial charge in [-0.25, -0.2) is 4.98 Å². The zero-order valence-electron chi connectivity index (χ0n) is 10.5. The van der Waals surface area contributed by atoms with Crippen LogP contribution in [0.2, 0.25) is 0 Å². The molecule has 18 heavy (non-hydrogen) atoms. The fourth-order valence-corrected chi connectivity index (χ4v) is 2.24. The Kier molecular flexibility index (Phi) is 4.60. The van der Waals surface area contributed by atoms with Crippen LogP contribution in [0, 0.1) is 0 Å². The molecule has 5 nitrogen and oxygen atoms in total. The van der Waals surface area contributed by atoms with Crippen molar-refractivity contribution >= 4 is 17.4 Å². The number of nitrogens with zero attached hydrogens (tertiary/aromatic N) is 3. The highest BCUT2D eigenvalue weighted by atomic mass is 35.5. The number of piperidine rings is 1. The highest BCUT2D eigenvalue weighted by Gasteiger charge is 2.22. The fourth-order valence-electron chi connectivity index (χ4n) is 2.15. The third-order valence-corrected chi connectivity index (χ3v) is 3.33. The van der Waals surface area contributed by atoms with Gasteiger partial charge in [0.2, 0.25) is 0 Å². The summed E-state index contributed by atoms with van der Waals surface area (Å²) in [7, 11) is 1.74. The highest BCUT2D eigenvalue weighted by molar-refractivity contribution is 6.17. The van der Waals surface area contributed by atoms with Gasteiger partial charge in [-0.05, 0) is 12.8 Å². The molecule has 1 saturated heterocycles. The van der Waals surface area contributed by atoms with E-state index in [1.807, 2.05) is 4.90 Å². The van der Waals surface area contributed by atoms with Crippen LogP contribution in [0.15, 0.2) is 17.2 Å². The highest BCUT2D eigenvalue weighted by Crippen LogP contribution is 2.16. The lowest BCUT2D eigenvalue weighted by atomic mass is 10.1. The van der Waals surface area contributed by atoms with E-state index in [9.17, 15) is 4.79 Å². The number of anilines is 1. The van der Waals surface area contributed by atoms with Crippen molar-refractivity contribution in [2.75, 3.05) is 30.5 Å². The molecule has 100 valence electrons. The van der Waals surface area contributed by atoms with Gasteiger partial charge in [0.25, 0.3) is 5.56 Å². The average Bonchev–Trinajstić information content (AvgIpc) is 2.40. The van der Waals surface area contributed by atoms with Gasteiger partial charge in [-0.15, -0.1) is 11.6 Å². The Labute approximate surface area is 111 Å². The normalized spacial score (nSPS) is 17.1. The molecular formula is C12H18ClN3O2. The first-order chi connectivity index (χ1) is 8.72. The molecule has 2 rings (SSSR count). The van der Waals surface area contributed by atoms with Gasteiger partial charge >= 0.3 is 0 Å². The van der Waals surface area contributed by atoms with Crippen molar-refractivity contribution in [3.05, 3.63) is 22.7 Å². The summed E-state index contributed by atoms with van der Waals surface area (Å²) in [5.74, 6) is 1.07. The maximum absolute atomic E-state index is 11.9. The van der Waals surface area contributed by atoms with Crippen molar-refractivity contribution in [2.45, 2.75) is 18.9 Å². The molecule has 0 amide bonds. The van der Waals surface area contributed by atoms with Gasteiger partial charge in [0.05, 0.1) is 12.7 Å². The van der Waals surface area contributed by atoms with Gasteiger partial charge in [-0.2, -0.15) is 0 Å². The Morgan fingerprint density at radius 3 is 2.89 bits per heavy atom. The Morgan fingerprint density at radius 2 is 2.22 bits per heavy atom. The molecule has 2 heterocycles. The lowest BCUT2D eigenvalue weighted by molar-refractivity contribution is 0.0470. The molecule has 0 bridgehead atoms. The van der Waals surface area contributed by atoms with E-state index >= 15 is 0 Å². The molecule has 0 spiro atoms. The number of aromatic nitrogens is 2. The van der Waals surface area contributed by atoms with Crippen molar-refractivity contribution < 1.29 is 4.74 Å². The fraction of sp³-hybridized carbons (Fsp3) is 0.667. The van der Waals surface area contributed by atoms with E-state index in [2.05, 4.69) is 4.98 Å². The summed E-state index contributed by atoms with van der Waals surface area (Å²) >= 11 is 5.59. The molecule has 0 atom stereocenters. The van der Waals surface area contributed by atoms with E-state index in [0.29, 0.717) is 18.3 Å². The molecule has 6 heteroatoms. The minimum Gasteiger partial charge on any atom is -0.377 e. The summed E-state index contributed by atoms with van der Waals surface area (Å²) in [5.41, 5.74) is -0.0439. The van der Waals surface area contributed by atoms with Crippen molar-refractivity contribution in [3.63, 3.8) is 0 Å². The van der Waals surface area contributed by atoms with Crippen LogP contribution < -0.4 is 10.5 Å². The molecule has 0 N–H and O–H groups in total. The maximum Gasteiger partial charge on any atom is 0.293 e. The summed E-state index contributed by atoms with van der Waals surface area (Å²) < 4.78 is 7.16.